The van der Waals surface area contributed by atoms with Crippen LogP contribution in [0.15, 0.2) is 58.2 Å². The monoisotopic (exact) mass is 419 g/mol. The van der Waals surface area contributed by atoms with Crippen LogP contribution in [0.1, 0.15) is 11.7 Å². The van der Waals surface area contributed by atoms with E-state index in [1.807, 2.05) is 60.1 Å². The number of halogens is 1. The molecule has 0 bridgehead atoms. The second-order valence-corrected chi connectivity index (χ2v) is 7.35. The molecule has 0 saturated heterocycles. The van der Waals surface area contributed by atoms with Crippen molar-refractivity contribution in [3.05, 3.63) is 58.6 Å². The van der Waals surface area contributed by atoms with Crippen LogP contribution in [0.2, 0.25) is 0 Å². The molecular weight excluding hydrogens is 402 g/mol. The molecule has 1 unspecified atom stereocenters. The second kappa shape index (κ2) is 8.03. The number of aromatic nitrogens is 3. The van der Waals surface area contributed by atoms with E-state index in [1.165, 1.54) is 11.8 Å². The van der Waals surface area contributed by atoms with Crippen molar-refractivity contribution in [3.63, 3.8) is 0 Å². The highest BCUT2D eigenvalue weighted by Crippen LogP contribution is 2.31. The van der Waals surface area contributed by atoms with Crippen LogP contribution < -0.4 is 4.74 Å². The molecule has 0 aliphatic rings. The van der Waals surface area contributed by atoms with E-state index in [0.29, 0.717) is 5.75 Å². The van der Waals surface area contributed by atoms with Gasteiger partial charge in [-0.15, -0.1) is 10.2 Å². The average Bonchev–Trinajstić information content (AvgIpc) is 3.00. The van der Waals surface area contributed by atoms with Crippen molar-refractivity contribution in [1.82, 2.24) is 14.8 Å². The van der Waals surface area contributed by atoms with Gasteiger partial charge in [0.1, 0.15) is 5.75 Å². The lowest BCUT2D eigenvalue weighted by Gasteiger charge is -2.11. The number of aliphatic hydroxyl groups excluding tert-OH is 1. The lowest BCUT2D eigenvalue weighted by molar-refractivity contribution is 0.204. The Morgan fingerprint density at radius 3 is 2.76 bits per heavy atom. The Kier molecular flexibility index (Phi) is 5.78. The predicted molar refractivity (Wildman–Crippen MR) is 103 cm³/mol. The maximum atomic E-state index is 10.4. The van der Waals surface area contributed by atoms with Crippen LogP contribution in [0.5, 0.6) is 5.75 Å². The number of methoxy groups -OCH3 is 1. The van der Waals surface area contributed by atoms with Gasteiger partial charge in [-0.3, -0.25) is 0 Å². The van der Waals surface area contributed by atoms with Crippen molar-refractivity contribution >= 4 is 27.7 Å². The Bertz CT molecular complexity index is 869. The molecule has 3 aromatic rings. The normalized spacial score (nSPS) is 12.2. The molecule has 0 aliphatic heterocycles. The third-order valence-corrected chi connectivity index (χ3v) is 5.38. The smallest absolute Gasteiger partial charge is 0.191 e. The summed E-state index contributed by atoms with van der Waals surface area (Å²) >= 11 is 4.89. The molecule has 130 valence electrons. The average molecular weight is 420 g/mol. The van der Waals surface area contributed by atoms with E-state index < -0.39 is 6.10 Å². The molecule has 0 amide bonds. The third kappa shape index (κ3) is 4.05. The number of thioether (sulfide) groups is 1. The van der Waals surface area contributed by atoms with E-state index in [9.17, 15) is 5.11 Å². The molecule has 1 aromatic heterocycles. The molecule has 3 rings (SSSR count). The van der Waals surface area contributed by atoms with Crippen LogP contribution in [0.25, 0.3) is 11.4 Å². The number of nitrogens with zero attached hydrogens (tertiary/aromatic N) is 3. The summed E-state index contributed by atoms with van der Waals surface area (Å²) in [5.74, 6) is 1.98. The first-order chi connectivity index (χ1) is 12.1. The largest absolute Gasteiger partial charge is 0.496 e. The topological polar surface area (TPSA) is 60.2 Å². The fourth-order valence-electron chi connectivity index (χ4n) is 2.47. The van der Waals surface area contributed by atoms with Crippen LogP contribution in [-0.2, 0) is 7.05 Å². The summed E-state index contributed by atoms with van der Waals surface area (Å²) in [6.45, 7) is 0. The van der Waals surface area contributed by atoms with Crippen molar-refractivity contribution < 1.29 is 9.84 Å². The third-order valence-electron chi connectivity index (χ3n) is 3.79. The standard InChI is InChI=1S/C18H18BrN3O2S/c1-22-17(14-8-3-4-9-16(14)24-2)20-21-18(22)25-11-15(23)12-6-5-7-13(19)10-12/h3-10,15,23H,11H2,1-2H3. The second-order valence-electron chi connectivity index (χ2n) is 5.45. The number of hydrogen-bond donors (Lipinski definition) is 1. The molecule has 5 nitrogen and oxygen atoms in total. The van der Waals surface area contributed by atoms with Gasteiger partial charge in [0, 0.05) is 17.3 Å². The Balaban J connectivity index is 1.76. The van der Waals surface area contributed by atoms with Gasteiger partial charge in [0.05, 0.1) is 18.8 Å². The Hall–Kier alpha value is -1.83. The molecule has 0 radical (unpaired) electrons. The number of rotatable bonds is 6. The maximum absolute atomic E-state index is 10.4. The van der Waals surface area contributed by atoms with Gasteiger partial charge >= 0.3 is 0 Å². The molecule has 0 spiro atoms. The fraction of sp³-hybridized carbons (Fsp3) is 0.222. The minimum absolute atomic E-state index is 0.494. The summed E-state index contributed by atoms with van der Waals surface area (Å²) < 4.78 is 8.26. The number of para-hydroxylation sites is 1. The number of ether oxygens (including phenoxy) is 1. The van der Waals surface area contributed by atoms with E-state index in [2.05, 4.69) is 26.1 Å². The quantitative estimate of drug-likeness (QED) is 0.609. The molecule has 2 aromatic carbocycles. The zero-order valence-corrected chi connectivity index (χ0v) is 16.3. The minimum Gasteiger partial charge on any atom is -0.496 e. The predicted octanol–water partition coefficient (Wildman–Crippen LogP) is 4.08. The van der Waals surface area contributed by atoms with Crippen LogP contribution in [0.3, 0.4) is 0 Å². The first kappa shape index (κ1) is 18.0. The number of benzene rings is 2. The van der Waals surface area contributed by atoms with Gasteiger partial charge in [-0.1, -0.05) is 52.0 Å². The summed E-state index contributed by atoms with van der Waals surface area (Å²) in [7, 11) is 3.55. The van der Waals surface area contributed by atoms with Crippen molar-refractivity contribution in [2.75, 3.05) is 12.9 Å². The van der Waals surface area contributed by atoms with Crippen molar-refractivity contribution in [1.29, 1.82) is 0 Å². The summed E-state index contributed by atoms with van der Waals surface area (Å²) in [4.78, 5) is 0. The minimum atomic E-state index is -0.575. The zero-order valence-electron chi connectivity index (χ0n) is 13.9. The van der Waals surface area contributed by atoms with Gasteiger partial charge in [-0.25, -0.2) is 0 Å². The molecule has 0 fully saturated rings. The maximum Gasteiger partial charge on any atom is 0.191 e. The molecule has 0 aliphatic carbocycles. The van der Waals surface area contributed by atoms with Crippen LogP contribution >= 0.6 is 27.7 Å². The van der Waals surface area contributed by atoms with Crippen molar-refractivity contribution in [2.45, 2.75) is 11.3 Å². The van der Waals surface area contributed by atoms with E-state index >= 15 is 0 Å². The van der Waals surface area contributed by atoms with Gasteiger partial charge in [0.2, 0.25) is 0 Å². The van der Waals surface area contributed by atoms with Gasteiger partial charge in [-0.05, 0) is 29.8 Å². The zero-order chi connectivity index (χ0) is 17.8. The van der Waals surface area contributed by atoms with E-state index in [1.54, 1.807) is 7.11 Å². The first-order valence-electron chi connectivity index (χ1n) is 7.69. The first-order valence-corrected chi connectivity index (χ1v) is 9.47. The lowest BCUT2D eigenvalue weighted by Crippen LogP contribution is -2.02. The molecule has 1 N–H and O–H groups in total. The van der Waals surface area contributed by atoms with E-state index in [-0.39, 0.29) is 0 Å². The molecule has 7 heteroatoms. The highest BCUT2D eigenvalue weighted by Gasteiger charge is 2.16. The van der Waals surface area contributed by atoms with Gasteiger partial charge < -0.3 is 14.4 Å². The summed E-state index contributed by atoms with van der Waals surface area (Å²) in [5.41, 5.74) is 1.76. The summed E-state index contributed by atoms with van der Waals surface area (Å²) in [6, 6.07) is 15.4. The Morgan fingerprint density at radius 1 is 1.20 bits per heavy atom. The van der Waals surface area contributed by atoms with Crippen LogP contribution in [0.4, 0.5) is 0 Å². The summed E-state index contributed by atoms with van der Waals surface area (Å²) in [5, 5.41) is 19.7. The molecular formula is C18H18BrN3O2S. The van der Waals surface area contributed by atoms with Crippen molar-refractivity contribution in [2.24, 2.45) is 7.05 Å². The summed E-state index contributed by atoms with van der Waals surface area (Å²) in [6.07, 6.45) is -0.575. The van der Waals surface area contributed by atoms with Crippen molar-refractivity contribution in [3.8, 4) is 17.1 Å². The lowest BCUT2D eigenvalue weighted by atomic mass is 10.1. The molecule has 0 saturated carbocycles. The van der Waals surface area contributed by atoms with E-state index in [4.69, 9.17) is 4.74 Å². The fourth-order valence-corrected chi connectivity index (χ4v) is 3.76. The van der Waals surface area contributed by atoms with Crippen LogP contribution in [-0.4, -0.2) is 32.7 Å². The van der Waals surface area contributed by atoms with Gasteiger partial charge in [0.15, 0.2) is 11.0 Å². The Labute approximate surface area is 159 Å². The highest BCUT2D eigenvalue weighted by atomic mass is 79.9. The van der Waals surface area contributed by atoms with E-state index in [0.717, 1.165) is 32.3 Å². The Morgan fingerprint density at radius 2 is 2.00 bits per heavy atom. The number of hydrogen-bond acceptors (Lipinski definition) is 5. The molecule has 1 heterocycles. The highest BCUT2D eigenvalue weighted by molar-refractivity contribution is 9.10. The number of aliphatic hydroxyl groups is 1. The van der Waals surface area contributed by atoms with Crippen LogP contribution in [0, 0.1) is 0 Å². The van der Waals surface area contributed by atoms with Gasteiger partial charge in [-0.2, -0.15) is 0 Å². The molecule has 1 atom stereocenters. The molecule has 25 heavy (non-hydrogen) atoms. The van der Waals surface area contributed by atoms with Gasteiger partial charge in [0.25, 0.3) is 0 Å². The SMILES string of the molecule is COc1ccccc1-c1nnc(SCC(O)c2cccc(Br)c2)n1C.